The van der Waals surface area contributed by atoms with E-state index < -0.39 is 10.0 Å². The summed E-state index contributed by atoms with van der Waals surface area (Å²) in [4.78, 5) is 14.8. The Kier molecular flexibility index (Phi) is 5.19. The molecule has 2 fully saturated rings. The summed E-state index contributed by atoms with van der Waals surface area (Å²) in [7, 11) is -3.20. The summed E-state index contributed by atoms with van der Waals surface area (Å²) < 4.78 is 24.9. The van der Waals surface area contributed by atoms with Gasteiger partial charge >= 0.3 is 0 Å². The van der Waals surface area contributed by atoms with Crippen LogP contribution in [0.2, 0.25) is 0 Å². The average Bonchev–Trinajstić information content (AvgIpc) is 2.90. The smallest absolute Gasteiger partial charge is 0.229 e. The molecule has 0 radical (unpaired) electrons. The Morgan fingerprint density at radius 2 is 1.88 bits per heavy atom. The molecule has 132 valence electrons. The van der Waals surface area contributed by atoms with Crippen molar-refractivity contribution in [1.29, 1.82) is 0 Å². The average molecular weight is 352 g/mol. The van der Waals surface area contributed by atoms with Gasteiger partial charge in [-0.2, -0.15) is 0 Å². The summed E-state index contributed by atoms with van der Waals surface area (Å²) in [5.74, 6) is -0.103. The van der Waals surface area contributed by atoms with Gasteiger partial charge < -0.3 is 4.90 Å². The molecule has 0 spiro atoms. The van der Waals surface area contributed by atoms with Crippen LogP contribution in [-0.4, -0.2) is 62.5 Å². The van der Waals surface area contributed by atoms with Crippen LogP contribution in [0.15, 0.2) is 30.3 Å². The Balaban J connectivity index is 1.69. The lowest BCUT2D eigenvalue weighted by Gasteiger charge is -2.26. The molecule has 2 unspecified atom stereocenters. The van der Waals surface area contributed by atoms with E-state index in [2.05, 4.69) is 10.9 Å². The van der Waals surface area contributed by atoms with Crippen LogP contribution in [0.4, 0.5) is 0 Å². The van der Waals surface area contributed by atoms with Gasteiger partial charge in [0.05, 0.1) is 18.2 Å². The lowest BCUT2D eigenvalue weighted by Crippen LogP contribution is -2.41. The molecule has 0 aromatic heterocycles. The number of hydrogen-bond acceptors (Lipinski definition) is 5. The van der Waals surface area contributed by atoms with E-state index in [1.54, 1.807) is 4.90 Å². The summed E-state index contributed by atoms with van der Waals surface area (Å²) in [5, 5.41) is 0. The quantitative estimate of drug-likeness (QED) is 0.797. The lowest BCUT2D eigenvalue weighted by atomic mass is 9.93. The Labute approximate surface area is 143 Å². The van der Waals surface area contributed by atoms with E-state index in [4.69, 9.17) is 0 Å². The highest BCUT2D eigenvalue weighted by Gasteiger charge is 2.37. The van der Waals surface area contributed by atoms with Gasteiger partial charge in [-0.05, 0) is 12.0 Å². The molecular weight excluding hydrogens is 328 g/mol. The SMILES string of the molecule is CS(=O)(=O)N1CCCN(C(=O)C2CNNC2c2ccccc2)CC1. The maximum absolute atomic E-state index is 13.0. The molecule has 2 heterocycles. The van der Waals surface area contributed by atoms with Crippen LogP contribution in [0.5, 0.6) is 0 Å². The van der Waals surface area contributed by atoms with Gasteiger partial charge in [-0.1, -0.05) is 30.3 Å². The van der Waals surface area contributed by atoms with Crippen molar-refractivity contribution in [2.75, 3.05) is 39.0 Å². The van der Waals surface area contributed by atoms with E-state index in [9.17, 15) is 13.2 Å². The molecule has 24 heavy (non-hydrogen) atoms. The molecule has 1 amide bonds. The number of benzene rings is 1. The molecule has 2 atom stereocenters. The molecule has 2 saturated heterocycles. The van der Waals surface area contributed by atoms with E-state index in [-0.39, 0.29) is 17.9 Å². The van der Waals surface area contributed by atoms with Crippen molar-refractivity contribution in [3.05, 3.63) is 35.9 Å². The third-order valence-electron chi connectivity index (χ3n) is 4.69. The molecule has 2 aliphatic heterocycles. The zero-order valence-electron chi connectivity index (χ0n) is 13.8. The zero-order chi connectivity index (χ0) is 17.2. The first-order valence-corrected chi connectivity index (χ1v) is 10.1. The Morgan fingerprint density at radius 1 is 1.12 bits per heavy atom. The summed E-state index contributed by atoms with van der Waals surface area (Å²) in [6, 6.07) is 9.85. The second-order valence-corrected chi connectivity index (χ2v) is 8.34. The maximum Gasteiger partial charge on any atom is 0.229 e. The number of sulfonamides is 1. The minimum atomic E-state index is -3.20. The standard InChI is InChI=1S/C16H24N4O3S/c1-24(22,23)20-9-5-8-19(10-11-20)16(21)14-12-17-18-15(14)13-6-3-2-4-7-13/h2-4,6-7,14-15,17-18H,5,8-12H2,1H3. The van der Waals surface area contributed by atoms with Crippen LogP contribution in [0.1, 0.15) is 18.0 Å². The number of nitrogens with zero attached hydrogens (tertiary/aromatic N) is 2. The van der Waals surface area contributed by atoms with Crippen LogP contribution >= 0.6 is 0 Å². The fraction of sp³-hybridized carbons (Fsp3) is 0.562. The zero-order valence-corrected chi connectivity index (χ0v) is 14.6. The number of carbonyl (C=O) groups excluding carboxylic acids is 1. The molecule has 2 aliphatic rings. The summed E-state index contributed by atoms with van der Waals surface area (Å²) in [6.45, 7) is 2.47. The van der Waals surface area contributed by atoms with Gasteiger partial charge in [0.25, 0.3) is 0 Å². The fourth-order valence-corrected chi connectivity index (χ4v) is 4.26. The highest BCUT2D eigenvalue weighted by Crippen LogP contribution is 2.26. The Hall–Kier alpha value is -1.48. The molecule has 0 bridgehead atoms. The highest BCUT2D eigenvalue weighted by molar-refractivity contribution is 7.88. The van der Waals surface area contributed by atoms with Crippen LogP contribution in [0.3, 0.4) is 0 Å². The Bertz CT molecular complexity index is 680. The molecule has 8 heteroatoms. The number of rotatable bonds is 3. The van der Waals surface area contributed by atoms with Gasteiger partial charge in [-0.3, -0.25) is 10.2 Å². The van der Waals surface area contributed by atoms with Crippen LogP contribution in [-0.2, 0) is 14.8 Å². The first kappa shape index (κ1) is 17.3. The third kappa shape index (κ3) is 3.77. The van der Waals surface area contributed by atoms with Gasteiger partial charge in [0, 0.05) is 32.7 Å². The summed E-state index contributed by atoms with van der Waals surface area (Å²) >= 11 is 0. The van der Waals surface area contributed by atoms with Crippen molar-refractivity contribution in [3.8, 4) is 0 Å². The van der Waals surface area contributed by atoms with Gasteiger partial charge in [0.2, 0.25) is 15.9 Å². The van der Waals surface area contributed by atoms with Crippen molar-refractivity contribution in [1.82, 2.24) is 20.1 Å². The fourth-order valence-electron chi connectivity index (χ4n) is 3.38. The molecule has 1 aromatic carbocycles. The summed E-state index contributed by atoms with van der Waals surface area (Å²) in [6.07, 6.45) is 1.89. The predicted molar refractivity (Wildman–Crippen MR) is 91.4 cm³/mol. The number of hydrazine groups is 1. The molecule has 1 aromatic rings. The number of nitrogens with one attached hydrogen (secondary N) is 2. The second-order valence-electron chi connectivity index (χ2n) is 6.36. The topological polar surface area (TPSA) is 81.8 Å². The van der Waals surface area contributed by atoms with E-state index in [0.717, 1.165) is 5.56 Å². The Morgan fingerprint density at radius 3 is 2.58 bits per heavy atom. The second kappa shape index (κ2) is 7.18. The normalized spacial score (nSPS) is 26.3. The molecule has 2 N–H and O–H groups in total. The molecule has 7 nitrogen and oxygen atoms in total. The highest BCUT2D eigenvalue weighted by atomic mass is 32.2. The van der Waals surface area contributed by atoms with Gasteiger partial charge in [0.1, 0.15) is 0 Å². The van der Waals surface area contributed by atoms with Gasteiger partial charge in [0.15, 0.2) is 0 Å². The van der Waals surface area contributed by atoms with E-state index >= 15 is 0 Å². The van der Waals surface area contributed by atoms with E-state index in [1.807, 2.05) is 30.3 Å². The minimum absolute atomic E-state index is 0.0621. The molecule has 0 saturated carbocycles. The van der Waals surface area contributed by atoms with E-state index in [1.165, 1.54) is 10.6 Å². The molecular formula is C16H24N4O3S. The van der Waals surface area contributed by atoms with Crippen molar-refractivity contribution >= 4 is 15.9 Å². The first-order valence-electron chi connectivity index (χ1n) is 8.24. The number of carbonyl (C=O) groups is 1. The summed E-state index contributed by atoms with van der Waals surface area (Å²) in [5.41, 5.74) is 7.35. The first-order chi connectivity index (χ1) is 11.5. The monoisotopic (exact) mass is 352 g/mol. The maximum atomic E-state index is 13.0. The van der Waals surface area contributed by atoms with Gasteiger partial charge in [-0.25, -0.2) is 18.1 Å². The van der Waals surface area contributed by atoms with Crippen LogP contribution in [0.25, 0.3) is 0 Å². The van der Waals surface area contributed by atoms with Gasteiger partial charge in [-0.15, -0.1) is 0 Å². The minimum Gasteiger partial charge on any atom is -0.341 e. The van der Waals surface area contributed by atoms with Crippen molar-refractivity contribution < 1.29 is 13.2 Å². The predicted octanol–water partition coefficient (Wildman–Crippen LogP) is -0.0544. The third-order valence-corrected chi connectivity index (χ3v) is 6.00. The largest absolute Gasteiger partial charge is 0.341 e. The van der Waals surface area contributed by atoms with Crippen molar-refractivity contribution in [2.24, 2.45) is 5.92 Å². The lowest BCUT2D eigenvalue weighted by molar-refractivity contribution is -0.135. The van der Waals surface area contributed by atoms with E-state index in [0.29, 0.717) is 39.1 Å². The molecule has 0 aliphatic carbocycles. The van der Waals surface area contributed by atoms with Crippen LogP contribution in [0, 0.1) is 5.92 Å². The van der Waals surface area contributed by atoms with Crippen LogP contribution < -0.4 is 10.9 Å². The van der Waals surface area contributed by atoms with Crippen molar-refractivity contribution in [3.63, 3.8) is 0 Å². The van der Waals surface area contributed by atoms with Crippen molar-refractivity contribution in [2.45, 2.75) is 12.5 Å². The number of hydrogen-bond donors (Lipinski definition) is 2. The number of amides is 1. The molecule has 3 rings (SSSR count).